The maximum atomic E-state index is 12.9. The zero-order valence-electron chi connectivity index (χ0n) is 13.8. The first-order valence-electron chi connectivity index (χ1n) is 8.02. The average Bonchev–Trinajstić information content (AvgIpc) is 2.64. The number of sulfonamides is 1. The predicted molar refractivity (Wildman–Crippen MR) is 111 cm³/mol. The molecule has 0 fully saturated rings. The van der Waals surface area contributed by atoms with E-state index in [1.165, 1.54) is 0 Å². The van der Waals surface area contributed by atoms with Gasteiger partial charge in [0.25, 0.3) is 0 Å². The Morgan fingerprint density at radius 1 is 0.769 bits per heavy atom. The van der Waals surface area contributed by atoms with Gasteiger partial charge in [0.1, 0.15) is 0 Å². The standard InChI is InChI=1S/C20H17Br2NO2S/c21-18-12-6-4-8-15(18)14-20(17-11-5-7-13-19(17)22)23-26(24,25)16-9-2-1-3-10-16/h1-13,20,23H,14H2. The van der Waals surface area contributed by atoms with Crippen molar-refractivity contribution in [2.75, 3.05) is 0 Å². The minimum absolute atomic E-state index is 0.254. The maximum absolute atomic E-state index is 12.9. The predicted octanol–water partition coefficient (Wildman–Crippen LogP) is 5.47. The number of benzene rings is 3. The summed E-state index contributed by atoms with van der Waals surface area (Å²) in [4.78, 5) is 0.254. The molecule has 0 heterocycles. The van der Waals surface area contributed by atoms with E-state index in [1.54, 1.807) is 30.3 Å². The fraction of sp³-hybridized carbons (Fsp3) is 0.100. The van der Waals surface area contributed by atoms with E-state index in [0.717, 1.165) is 20.1 Å². The molecule has 1 atom stereocenters. The van der Waals surface area contributed by atoms with Crippen molar-refractivity contribution in [1.82, 2.24) is 4.72 Å². The second-order valence-corrected chi connectivity index (χ2v) is 9.23. The van der Waals surface area contributed by atoms with E-state index in [9.17, 15) is 8.42 Å². The van der Waals surface area contributed by atoms with Gasteiger partial charge in [0, 0.05) is 8.95 Å². The number of halogens is 2. The second-order valence-electron chi connectivity index (χ2n) is 5.80. The van der Waals surface area contributed by atoms with E-state index in [-0.39, 0.29) is 4.90 Å². The largest absolute Gasteiger partial charge is 0.241 e. The Bertz CT molecular complexity index is 991. The average molecular weight is 495 g/mol. The summed E-state index contributed by atoms with van der Waals surface area (Å²) in [5, 5.41) is 0. The van der Waals surface area contributed by atoms with Crippen LogP contribution in [0.25, 0.3) is 0 Å². The van der Waals surface area contributed by atoms with Crippen LogP contribution in [0.1, 0.15) is 17.2 Å². The summed E-state index contributed by atoms with van der Waals surface area (Å²) in [6.07, 6.45) is 0.524. The van der Waals surface area contributed by atoms with Crippen molar-refractivity contribution in [3.05, 3.63) is 98.9 Å². The van der Waals surface area contributed by atoms with Crippen molar-refractivity contribution in [2.45, 2.75) is 17.4 Å². The van der Waals surface area contributed by atoms with Crippen LogP contribution in [0.2, 0.25) is 0 Å². The van der Waals surface area contributed by atoms with Gasteiger partial charge in [0.05, 0.1) is 10.9 Å². The fourth-order valence-electron chi connectivity index (χ4n) is 2.71. The lowest BCUT2D eigenvalue weighted by molar-refractivity contribution is 0.554. The van der Waals surface area contributed by atoms with Crippen molar-refractivity contribution >= 4 is 41.9 Å². The topological polar surface area (TPSA) is 46.2 Å². The highest BCUT2D eigenvalue weighted by Gasteiger charge is 2.23. The first-order valence-corrected chi connectivity index (χ1v) is 11.1. The van der Waals surface area contributed by atoms with Crippen molar-refractivity contribution in [3.63, 3.8) is 0 Å². The highest BCUT2D eigenvalue weighted by Crippen LogP contribution is 2.29. The van der Waals surface area contributed by atoms with Crippen LogP contribution in [0.5, 0.6) is 0 Å². The third-order valence-electron chi connectivity index (χ3n) is 4.01. The Morgan fingerprint density at radius 2 is 1.35 bits per heavy atom. The van der Waals surface area contributed by atoms with Crippen LogP contribution >= 0.6 is 31.9 Å². The van der Waals surface area contributed by atoms with Gasteiger partial charge in [-0.2, -0.15) is 0 Å². The zero-order valence-corrected chi connectivity index (χ0v) is 17.8. The quantitative estimate of drug-likeness (QED) is 0.493. The van der Waals surface area contributed by atoms with Gasteiger partial charge in [-0.1, -0.05) is 86.5 Å². The van der Waals surface area contributed by atoms with Crippen LogP contribution in [-0.4, -0.2) is 8.42 Å². The summed E-state index contributed by atoms with van der Waals surface area (Å²) in [5.74, 6) is 0. The summed E-state index contributed by atoms with van der Waals surface area (Å²) in [7, 11) is -3.64. The Hall–Kier alpha value is -1.47. The van der Waals surface area contributed by atoms with Gasteiger partial charge in [0.15, 0.2) is 0 Å². The van der Waals surface area contributed by atoms with E-state index in [4.69, 9.17) is 0 Å². The second kappa shape index (κ2) is 8.48. The zero-order chi connectivity index (χ0) is 18.6. The third-order valence-corrected chi connectivity index (χ3v) is 7.00. The Labute approximate surface area is 170 Å². The maximum Gasteiger partial charge on any atom is 0.241 e. The van der Waals surface area contributed by atoms with Crippen LogP contribution in [-0.2, 0) is 16.4 Å². The molecule has 0 aliphatic rings. The fourth-order valence-corrected chi connectivity index (χ4v) is 4.96. The summed E-state index contributed by atoms with van der Waals surface area (Å²) in [6, 6.07) is 23.5. The van der Waals surface area contributed by atoms with Gasteiger partial charge in [-0.25, -0.2) is 13.1 Å². The van der Waals surface area contributed by atoms with E-state index >= 15 is 0 Å². The molecule has 3 aromatic rings. The van der Waals surface area contributed by atoms with Crippen LogP contribution < -0.4 is 4.72 Å². The lowest BCUT2D eigenvalue weighted by atomic mass is 10.00. The van der Waals surface area contributed by atoms with Gasteiger partial charge in [-0.15, -0.1) is 0 Å². The number of nitrogens with one attached hydrogen (secondary N) is 1. The molecule has 0 saturated heterocycles. The molecule has 26 heavy (non-hydrogen) atoms. The molecule has 0 aromatic heterocycles. The molecule has 0 spiro atoms. The summed E-state index contributed by atoms with van der Waals surface area (Å²) >= 11 is 7.10. The molecule has 0 aliphatic heterocycles. The van der Waals surface area contributed by atoms with Crippen LogP contribution in [0.15, 0.2) is 92.7 Å². The van der Waals surface area contributed by atoms with Gasteiger partial charge >= 0.3 is 0 Å². The van der Waals surface area contributed by atoms with E-state index in [1.807, 2.05) is 48.5 Å². The van der Waals surface area contributed by atoms with Crippen molar-refractivity contribution < 1.29 is 8.42 Å². The van der Waals surface area contributed by atoms with Crippen molar-refractivity contribution in [3.8, 4) is 0 Å². The first-order chi connectivity index (χ1) is 12.5. The summed E-state index contributed by atoms with van der Waals surface area (Å²) in [5.41, 5.74) is 1.92. The Morgan fingerprint density at radius 3 is 2.00 bits per heavy atom. The van der Waals surface area contributed by atoms with Crippen LogP contribution in [0.3, 0.4) is 0 Å². The monoisotopic (exact) mass is 493 g/mol. The minimum atomic E-state index is -3.64. The molecule has 0 amide bonds. The molecule has 1 N–H and O–H groups in total. The molecule has 3 nitrogen and oxygen atoms in total. The molecular weight excluding hydrogens is 478 g/mol. The van der Waals surface area contributed by atoms with Crippen LogP contribution in [0.4, 0.5) is 0 Å². The highest BCUT2D eigenvalue weighted by molar-refractivity contribution is 9.10. The summed E-state index contributed by atoms with van der Waals surface area (Å²) in [6.45, 7) is 0. The van der Waals surface area contributed by atoms with E-state index in [2.05, 4.69) is 36.6 Å². The van der Waals surface area contributed by atoms with Crippen LogP contribution in [0, 0.1) is 0 Å². The van der Waals surface area contributed by atoms with Crippen molar-refractivity contribution in [2.24, 2.45) is 0 Å². The van der Waals surface area contributed by atoms with Gasteiger partial charge in [0.2, 0.25) is 10.0 Å². The van der Waals surface area contributed by atoms with E-state index in [0.29, 0.717) is 6.42 Å². The molecule has 3 aromatic carbocycles. The van der Waals surface area contributed by atoms with Gasteiger partial charge < -0.3 is 0 Å². The molecule has 0 aliphatic carbocycles. The Kier molecular flexibility index (Phi) is 6.29. The van der Waals surface area contributed by atoms with Crippen molar-refractivity contribution in [1.29, 1.82) is 0 Å². The molecule has 0 radical (unpaired) electrons. The molecule has 0 bridgehead atoms. The minimum Gasteiger partial charge on any atom is -0.207 e. The van der Waals surface area contributed by atoms with E-state index < -0.39 is 16.1 Å². The molecule has 0 saturated carbocycles. The molecule has 3 rings (SSSR count). The molecular formula is C20H17Br2NO2S. The third kappa shape index (κ3) is 4.62. The molecule has 6 heteroatoms. The first kappa shape index (κ1) is 19.3. The van der Waals surface area contributed by atoms with Gasteiger partial charge in [-0.3, -0.25) is 0 Å². The lowest BCUT2D eigenvalue weighted by Crippen LogP contribution is -2.30. The number of hydrogen-bond acceptors (Lipinski definition) is 2. The normalized spacial score (nSPS) is 12.7. The number of rotatable bonds is 6. The molecule has 134 valence electrons. The SMILES string of the molecule is O=S(=O)(NC(Cc1ccccc1Br)c1ccccc1Br)c1ccccc1. The smallest absolute Gasteiger partial charge is 0.207 e. The molecule has 1 unspecified atom stereocenters. The Balaban J connectivity index is 1.99. The lowest BCUT2D eigenvalue weighted by Gasteiger charge is -2.21. The highest BCUT2D eigenvalue weighted by atomic mass is 79.9. The number of hydrogen-bond donors (Lipinski definition) is 1. The van der Waals surface area contributed by atoms with Gasteiger partial charge in [-0.05, 0) is 41.8 Å². The summed E-state index contributed by atoms with van der Waals surface area (Å²) < 4.78 is 30.4.